The number of para-hydroxylation sites is 2. The third-order valence-corrected chi connectivity index (χ3v) is 11.5. The third-order valence-electron chi connectivity index (χ3n) is 11.5. The van der Waals surface area contributed by atoms with Gasteiger partial charge in [0, 0.05) is 27.8 Å². The second-order valence-corrected chi connectivity index (χ2v) is 14.9. The van der Waals surface area contributed by atoms with Gasteiger partial charge in [0.1, 0.15) is 11.2 Å². The Labute approximate surface area is 337 Å². The van der Waals surface area contributed by atoms with Crippen molar-refractivity contribution >= 4 is 60.5 Å². The van der Waals surface area contributed by atoms with E-state index in [-0.39, 0.29) is 0 Å². The van der Waals surface area contributed by atoms with Gasteiger partial charge in [0.05, 0.1) is 0 Å². The van der Waals surface area contributed by atoms with Crippen LogP contribution in [0, 0.1) is 0 Å². The Morgan fingerprint density at radius 3 is 1.55 bits per heavy atom. The molecule has 0 amide bonds. The molecule has 0 atom stereocenters. The Hall–Kier alpha value is -7.68. The van der Waals surface area contributed by atoms with Crippen LogP contribution in [0.1, 0.15) is 0 Å². The number of nitrogens with zero attached hydrogens (tertiary/aromatic N) is 1. The van der Waals surface area contributed by atoms with Crippen molar-refractivity contribution in [2.45, 2.75) is 0 Å². The van der Waals surface area contributed by atoms with Gasteiger partial charge in [0.25, 0.3) is 0 Å². The first-order chi connectivity index (χ1) is 28.7. The van der Waals surface area contributed by atoms with E-state index in [1.165, 1.54) is 54.9 Å². The van der Waals surface area contributed by atoms with Gasteiger partial charge in [-0.2, -0.15) is 0 Å². The van der Waals surface area contributed by atoms with E-state index in [1.54, 1.807) is 0 Å². The molecule has 0 aliphatic rings. The number of fused-ring (bicyclic) bond motifs is 6. The highest BCUT2D eigenvalue weighted by Crippen LogP contribution is 2.41. The lowest BCUT2D eigenvalue weighted by Gasteiger charge is -2.26. The zero-order valence-corrected chi connectivity index (χ0v) is 31.7. The molecule has 0 saturated carbocycles. The summed E-state index contributed by atoms with van der Waals surface area (Å²) in [5.74, 6) is 0. The van der Waals surface area contributed by atoms with E-state index in [0.717, 1.165) is 50.1 Å². The highest BCUT2D eigenvalue weighted by Gasteiger charge is 2.16. The number of benzene rings is 10. The molecule has 10 aromatic carbocycles. The van der Waals surface area contributed by atoms with E-state index < -0.39 is 0 Å². The summed E-state index contributed by atoms with van der Waals surface area (Å²) in [5, 5.41) is 7.34. The second kappa shape index (κ2) is 14.1. The first-order valence-electron chi connectivity index (χ1n) is 19.8. The van der Waals surface area contributed by atoms with Gasteiger partial charge in [0.2, 0.25) is 0 Å². The summed E-state index contributed by atoms with van der Waals surface area (Å²) in [4.78, 5) is 2.33. The highest BCUT2D eigenvalue weighted by atomic mass is 16.3. The van der Waals surface area contributed by atoms with Gasteiger partial charge < -0.3 is 9.32 Å². The summed E-state index contributed by atoms with van der Waals surface area (Å²) in [6.07, 6.45) is 0. The Bertz CT molecular complexity index is 3250. The number of furan rings is 1. The molecular weight excluding hydrogens is 703 g/mol. The fraction of sp³-hybridized carbons (Fsp3) is 0. The van der Waals surface area contributed by atoms with Crippen LogP contribution in [0.15, 0.2) is 229 Å². The lowest BCUT2D eigenvalue weighted by molar-refractivity contribution is 0.669. The Morgan fingerprint density at radius 1 is 0.259 bits per heavy atom. The molecule has 0 bridgehead atoms. The van der Waals surface area contributed by atoms with E-state index in [1.807, 2.05) is 12.1 Å². The van der Waals surface area contributed by atoms with Gasteiger partial charge >= 0.3 is 0 Å². The van der Waals surface area contributed by atoms with E-state index in [4.69, 9.17) is 4.42 Å². The van der Waals surface area contributed by atoms with Crippen molar-refractivity contribution in [3.63, 3.8) is 0 Å². The van der Waals surface area contributed by atoms with Crippen LogP contribution in [0.5, 0.6) is 0 Å². The minimum absolute atomic E-state index is 0.905. The number of hydrogen-bond acceptors (Lipinski definition) is 2. The predicted octanol–water partition coefficient (Wildman–Crippen LogP) is 16.0. The molecule has 2 nitrogen and oxygen atoms in total. The third kappa shape index (κ3) is 5.91. The summed E-state index contributed by atoms with van der Waals surface area (Å²) in [7, 11) is 0. The van der Waals surface area contributed by atoms with E-state index in [9.17, 15) is 0 Å². The molecule has 0 aliphatic heterocycles. The zero-order chi connectivity index (χ0) is 38.4. The minimum Gasteiger partial charge on any atom is -0.456 e. The minimum atomic E-state index is 0.905. The average molecular weight is 740 g/mol. The van der Waals surface area contributed by atoms with Gasteiger partial charge in [-0.1, -0.05) is 158 Å². The largest absolute Gasteiger partial charge is 0.456 e. The topological polar surface area (TPSA) is 16.4 Å². The number of rotatable bonds is 7. The maximum Gasteiger partial charge on any atom is 0.135 e. The molecule has 0 fully saturated rings. The smallest absolute Gasteiger partial charge is 0.135 e. The summed E-state index contributed by atoms with van der Waals surface area (Å²) < 4.78 is 6.16. The van der Waals surface area contributed by atoms with Crippen molar-refractivity contribution in [2.75, 3.05) is 4.90 Å². The van der Waals surface area contributed by atoms with Crippen LogP contribution >= 0.6 is 0 Å². The van der Waals surface area contributed by atoms with E-state index in [0.29, 0.717) is 0 Å². The van der Waals surface area contributed by atoms with Gasteiger partial charge in [0.15, 0.2) is 0 Å². The summed E-state index contributed by atoms with van der Waals surface area (Å²) in [6.45, 7) is 0. The molecule has 58 heavy (non-hydrogen) atoms. The molecular formula is C56H37NO. The molecule has 0 spiro atoms. The van der Waals surface area contributed by atoms with Crippen molar-refractivity contribution in [1.82, 2.24) is 0 Å². The Balaban J connectivity index is 0.963. The normalized spacial score (nSPS) is 11.4. The van der Waals surface area contributed by atoms with Crippen LogP contribution in [-0.4, -0.2) is 0 Å². The van der Waals surface area contributed by atoms with Gasteiger partial charge in [-0.25, -0.2) is 0 Å². The standard InChI is InChI=1S/C56H37NO/c1-3-13-39(14-4-1)52-35-41(27-33-48(52)43-28-34-56-54(37-43)51-21-11-12-22-55(51)58-56)38-23-29-45(30-24-38)57(44-16-5-2-6-17-44)46-31-25-40(26-32-46)53-36-42-15-7-8-18-47(42)49-19-9-10-20-50(49)53/h1-37H. The number of anilines is 3. The van der Waals surface area contributed by atoms with Crippen molar-refractivity contribution in [2.24, 2.45) is 0 Å². The molecule has 0 aliphatic carbocycles. The first kappa shape index (κ1) is 33.6. The Morgan fingerprint density at radius 2 is 0.793 bits per heavy atom. The van der Waals surface area contributed by atoms with Crippen LogP contribution in [0.3, 0.4) is 0 Å². The average Bonchev–Trinajstić information content (AvgIpc) is 3.68. The SMILES string of the molecule is c1ccc(-c2cc(-c3ccc(N(c4ccccc4)c4ccc(-c5cc6ccccc6c6ccccc56)cc4)cc3)ccc2-c2ccc3oc4ccccc4c3c2)cc1. The second-order valence-electron chi connectivity index (χ2n) is 14.9. The van der Waals surface area contributed by atoms with Crippen LogP contribution in [0.2, 0.25) is 0 Å². The highest BCUT2D eigenvalue weighted by molar-refractivity contribution is 6.14. The van der Waals surface area contributed by atoms with Gasteiger partial charge in [-0.15, -0.1) is 0 Å². The summed E-state index contributed by atoms with van der Waals surface area (Å²) in [6, 6.07) is 80.7. The monoisotopic (exact) mass is 739 g/mol. The molecule has 0 saturated heterocycles. The van der Waals surface area contributed by atoms with E-state index >= 15 is 0 Å². The van der Waals surface area contributed by atoms with Gasteiger partial charge in [-0.3, -0.25) is 0 Å². The molecule has 1 heterocycles. The molecule has 11 rings (SSSR count). The number of hydrogen-bond donors (Lipinski definition) is 0. The van der Waals surface area contributed by atoms with Crippen LogP contribution in [0.4, 0.5) is 17.1 Å². The van der Waals surface area contributed by atoms with Crippen molar-refractivity contribution in [1.29, 1.82) is 0 Å². The van der Waals surface area contributed by atoms with E-state index in [2.05, 4.69) is 217 Å². The lowest BCUT2D eigenvalue weighted by atomic mass is 9.90. The Kier molecular flexibility index (Phi) is 8.19. The first-order valence-corrected chi connectivity index (χ1v) is 19.8. The molecule has 11 aromatic rings. The van der Waals surface area contributed by atoms with Crippen LogP contribution < -0.4 is 4.90 Å². The molecule has 0 radical (unpaired) electrons. The lowest BCUT2D eigenvalue weighted by Crippen LogP contribution is -2.09. The van der Waals surface area contributed by atoms with Gasteiger partial charge in [-0.05, 0) is 133 Å². The van der Waals surface area contributed by atoms with Crippen molar-refractivity contribution < 1.29 is 4.42 Å². The van der Waals surface area contributed by atoms with Crippen molar-refractivity contribution in [3.8, 4) is 44.5 Å². The molecule has 2 heteroatoms. The van der Waals surface area contributed by atoms with Crippen molar-refractivity contribution in [3.05, 3.63) is 224 Å². The maximum atomic E-state index is 6.16. The fourth-order valence-electron chi connectivity index (χ4n) is 8.64. The summed E-state index contributed by atoms with van der Waals surface area (Å²) in [5.41, 5.74) is 14.6. The molecule has 272 valence electrons. The maximum absolute atomic E-state index is 6.16. The molecule has 0 N–H and O–H groups in total. The zero-order valence-electron chi connectivity index (χ0n) is 31.7. The quantitative estimate of drug-likeness (QED) is 0.151. The predicted molar refractivity (Wildman–Crippen MR) is 245 cm³/mol. The summed E-state index contributed by atoms with van der Waals surface area (Å²) >= 11 is 0. The molecule has 0 unspecified atom stereocenters. The van der Waals surface area contributed by atoms with Crippen LogP contribution in [0.25, 0.3) is 88.0 Å². The molecule has 1 aromatic heterocycles. The fourth-order valence-corrected chi connectivity index (χ4v) is 8.64. The van der Waals surface area contributed by atoms with Crippen LogP contribution in [-0.2, 0) is 0 Å².